The van der Waals surface area contributed by atoms with Crippen molar-refractivity contribution in [1.82, 2.24) is 19.6 Å². The van der Waals surface area contributed by atoms with Gasteiger partial charge >= 0.3 is 0 Å². The van der Waals surface area contributed by atoms with Gasteiger partial charge in [-0.15, -0.1) is 0 Å². The van der Waals surface area contributed by atoms with Crippen LogP contribution >= 0.6 is 0 Å². The number of nitrogens with zero attached hydrogens (tertiary/aromatic N) is 3. The molecule has 8 heteroatoms. The van der Waals surface area contributed by atoms with Crippen LogP contribution in [0, 0.1) is 12.8 Å². The molecule has 8 nitrogen and oxygen atoms in total. The monoisotopic (exact) mass is 467 g/mol. The van der Waals surface area contributed by atoms with Gasteiger partial charge < -0.3 is 10.6 Å². The van der Waals surface area contributed by atoms with Crippen LogP contribution < -0.4 is 16.2 Å². The zero-order valence-electron chi connectivity index (χ0n) is 20.5. The molecule has 2 heterocycles. The summed E-state index contributed by atoms with van der Waals surface area (Å²) in [6, 6.07) is 9.21. The van der Waals surface area contributed by atoms with Gasteiger partial charge in [-0.1, -0.05) is 37.5 Å². The van der Waals surface area contributed by atoms with Gasteiger partial charge in [0.15, 0.2) is 0 Å². The zero-order chi connectivity index (χ0) is 24.2. The predicted molar refractivity (Wildman–Crippen MR) is 133 cm³/mol. The third kappa shape index (κ3) is 5.12. The van der Waals surface area contributed by atoms with Crippen LogP contribution in [0.15, 0.2) is 35.1 Å². The molecule has 1 aromatic heterocycles. The highest BCUT2D eigenvalue weighted by Gasteiger charge is 2.30. The number of para-hydroxylation sites is 1. The number of hydrogen-bond acceptors (Lipinski definition) is 4. The van der Waals surface area contributed by atoms with Crippen molar-refractivity contribution in [3.05, 3.63) is 46.4 Å². The molecule has 1 atom stereocenters. The van der Waals surface area contributed by atoms with Gasteiger partial charge in [0, 0.05) is 32.1 Å². The highest BCUT2D eigenvalue weighted by molar-refractivity contribution is 5.95. The summed E-state index contributed by atoms with van der Waals surface area (Å²) in [6.45, 7) is 5.20. The Hall–Kier alpha value is -2.87. The van der Waals surface area contributed by atoms with Gasteiger partial charge in [0.25, 0.3) is 5.56 Å². The first-order valence-electron chi connectivity index (χ1n) is 12.6. The van der Waals surface area contributed by atoms with Gasteiger partial charge in [-0.05, 0) is 51.7 Å². The van der Waals surface area contributed by atoms with Crippen LogP contribution in [0.1, 0.15) is 57.6 Å². The summed E-state index contributed by atoms with van der Waals surface area (Å²) in [5, 5.41) is 6.13. The fourth-order valence-electron chi connectivity index (χ4n) is 5.22. The molecule has 1 aliphatic carbocycles. The van der Waals surface area contributed by atoms with Crippen LogP contribution in [0.5, 0.6) is 0 Å². The summed E-state index contributed by atoms with van der Waals surface area (Å²) in [5.41, 5.74) is 1.54. The minimum atomic E-state index is -0.362. The lowest BCUT2D eigenvalue weighted by molar-refractivity contribution is -0.127. The first kappa shape index (κ1) is 24.3. The van der Waals surface area contributed by atoms with Crippen molar-refractivity contribution in [3.8, 4) is 5.69 Å². The highest BCUT2D eigenvalue weighted by atomic mass is 16.2. The van der Waals surface area contributed by atoms with E-state index in [2.05, 4.69) is 15.5 Å². The molecule has 0 bridgehead atoms. The van der Waals surface area contributed by atoms with E-state index in [0.29, 0.717) is 11.4 Å². The third-order valence-corrected chi connectivity index (χ3v) is 7.58. The molecule has 4 rings (SSSR count). The van der Waals surface area contributed by atoms with Crippen LogP contribution in [-0.4, -0.2) is 51.3 Å². The Morgan fingerprint density at radius 2 is 1.65 bits per heavy atom. The largest absolute Gasteiger partial charge is 0.353 e. The number of carbonyl (C=O) groups is 2. The van der Waals surface area contributed by atoms with E-state index in [1.807, 2.05) is 51.2 Å². The second-order valence-electron chi connectivity index (χ2n) is 9.76. The highest BCUT2D eigenvalue weighted by Crippen LogP contribution is 2.24. The summed E-state index contributed by atoms with van der Waals surface area (Å²) in [4.78, 5) is 40.9. The number of nitrogens with one attached hydrogen (secondary N) is 2. The number of rotatable bonds is 6. The molecule has 2 amide bonds. The van der Waals surface area contributed by atoms with Gasteiger partial charge in [-0.25, -0.2) is 4.68 Å². The second-order valence-corrected chi connectivity index (χ2v) is 9.76. The maximum atomic E-state index is 13.1. The topological polar surface area (TPSA) is 88.4 Å². The molecule has 1 aliphatic heterocycles. The number of likely N-dealkylation sites (tertiary alicyclic amines) is 1. The van der Waals surface area contributed by atoms with Crippen molar-refractivity contribution >= 4 is 17.5 Å². The Labute approximate surface area is 201 Å². The smallest absolute Gasteiger partial charge is 0.295 e. The first-order chi connectivity index (χ1) is 16.4. The predicted octanol–water partition coefficient (Wildman–Crippen LogP) is 2.97. The number of benzene rings is 1. The summed E-state index contributed by atoms with van der Waals surface area (Å²) in [5.74, 6) is 0.194. The van der Waals surface area contributed by atoms with E-state index in [-0.39, 0.29) is 35.4 Å². The third-order valence-electron chi connectivity index (χ3n) is 7.58. The lowest BCUT2D eigenvalue weighted by Gasteiger charge is -2.36. The van der Waals surface area contributed by atoms with E-state index in [1.54, 1.807) is 9.36 Å². The number of aromatic nitrogens is 2. The number of amides is 2. The quantitative estimate of drug-likeness (QED) is 0.684. The van der Waals surface area contributed by atoms with Crippen molar-refractivity contribution in [2.24, 2.45) is 13.0 Å². The van der Waals surface area contributed by atoms with Crippen molar-refractivity contribution in [2.75, 3.05) is 18.4 Å². The van der Waals surface area contributed by atoms with Gasteiger partial charge in [0.2, 0.25) is 11.8 Å². The molecule has 2 aromatic rings. The fourth-order valence-corrected chi connectivity index (χ4v) is 5.22. The average molecular weight is 468 g/mol. The molecule has 1 unspecified atom stereocenters. The average Bonchev–Trinajstić information content (AvgIpc) is 3.08. The minimum absolute atomic E-state index is 0.172. The summed E-state index contributed by atoms with van der Waals surface area (Å²) < 4.78 is 3.33. The maximum absolute atomic E-state index is 13.1. The Balaban J connectivity index is 1.34. The van der Waals surface area contributed by atoms with Gasteiger partial charge in [-0.3, -0.25) is 24.0 Å². The molecule has 0 spiro atoms. The van der Waals surface area contributed by atoms with E-state index < -0.39 is 0 Å². The van der Waals surface area contributed by atoms with Crippen molar-refractivity contribution in [2.45, 2.75) is 70.9 Å². The van der Waals surface area contributed by atoms with Crippen LogP contribution in [0.4, 0.5) is 5.69 Å². The molecular weight excluding hydrogens is 430 g/mol. The van der Waals surface area contributed by atoms with E-state index in [4.69, 9.17) is 0 Å². The van der Waals surface area contributed by atoms with E-state index in [1.165, 1.54) is 6.42 Å². The molecule has 2 aliphatic rings. The summed E-state index contributed by atoms with van der Waals surface area (Å²) in [7, 11) is 1.81. The van der Waals surface area contributed by atoms with Gasteiger partial charge in [0.1, 0.15) is 5.69 Å². The molecule has 34 heavy (non-hydrogen) atoms. The molecule has 2 fully saturated rings. The normalized spacial score (nSPS) is 19.0. The SMILES string of the molecule is Cc1c(NC(=O)C(C)N2CCC(NC(=O)C3CCCCC3)CC2)c(=O)n(-c2ccccc2)n1C. The van der Waals surface area contributed by atoms with Crippen LogP contribution in [0.25, 0.3) is 5.69 Å². The molecule has 1 saturated carbocycles. The summed E-state index contributed by atoms with van der Waals surface area (Å²) >= 11 is 0. The molecule has 1 aromatic carbocycles. The zero-order valence-corrected chi connectivity index (χ0v) is 20.5. The number of piperidine rings is 1. The molecule has 1 saturated heterocycles. The lowest BCUT2D eigenvalue weighted by Crippen LogP contribution is -2.51. The van der Waals surface area contributed by atoms with Gasteiger partial charge in [0.05, 0.1) is 17.4 Å². The standard InChI is InChI=1S/C26H37N5O3/c1-18-23(26(34)31(29(18)3)22-12-8-5-9-13-22)28-24(32)19(2)30-16-14-21(15-17-30)27-25(33)20-10-6-4-7-11-20/h5,8-9,12-13,19-21H,4,6-7,10-11,14-17H2,1-3H3,(H,27,33)(H,28,32). The Bertz CT molecular complexity index is 1060. The minimum Gasteiger partial charge on any atom is -0.353 e. The Morgan fingerprint density at radius 1 is 1.00 bits per heavy atom. The molecule has 0 radical (unpaired) electrons. The van der Waals surface area contributed by atoms with E-state index in [9.17, 15) is 14.4 Å². The second kappa shape index (κ2) is 10.6. The van der Waals surface area contributed by atoms with Crippen LogP contribution in [-0.2, 0) is 16.6 Å². The van der Waals surface area contributed by atoms with Gasteiger partial charge in [-0.2, -0.15) is 0 Å². The maximum Gasteiger partial charge on any atom is 0.295 e. The molecular formula is C26H37N5O3. The summed E-state index contributed by atoms with van der Waals surface area (Å²) in [6.07, 6.45) is 7.23. The Kier molecular flexibility index (Phi) is 7.56. The van der Waals surface area contributed by atoms with Crippen LogP contribution in [0.2, 0.25) is 0 Å². The molecule has 184 valence electrons. The number of hydrogen-bond donors (Lipinski definition) is 2. The van der Waals surface area contributed by atoms with Crippen molar-refractivity contribution < 1.29 is 9.59 Å². The number of carbonyl (C=O) groups excluding carboxylic acids is 2. The van der Waals surface area contributed by atoms with Crippen molar-refractivity contribution in [3.63, 3.8) is 0 Å². The van der Waals surface area contributed by atoms with Crippen LogP contribution in [0.3, 0.4) is 0 Å². The number of anilines is 1. The first-order valence-corrected chi connectivity index (χ1v) is 12.6. The van der Waals surface area contributed by atoms with Crippen molar-refractivity contribution in [1.29, 1.82) is 0 Å². The van der Waals surface area contributed by atoms with E-state index >= 15 is 0 Å². The lowest BCUT2D eigenvalue weighted by atomic mass is 9.88. The fraction of sp³-hybridized carbons (Fsp3) is 0.577. The van der Waals surface area contributed by atoms with E-state index in [0.717, 1.165) is 57.3 Å². The Morgan fingerprint density at radius 3 is 2.29 bits per heavy atom. The molecule has 2 N–H and O–H groups in total.